The van der Waals surface area contributed by atoms with Gasteiger partial charge in [0.05, 0.1) is 5.60 Å². The SMILES string of the molecule is [2H]C([2H])([2H])C(CCC[C@@H](CC#CC(O[Si](C)(C)C)(C(F)(F)F)C(F)(F)F)[C@H]1CC[C@H]2C(=O)CCC[C@]12C)(O[Si](C)(C)C)C([2H])([2H])[2H]. The summed E-state index contributed by atoms with van der Waals surface area (Å²) in [6.45, 7) is 4.40. The number of rotatable bonds is 10. The number of fused-ring (bicyclic) bond motifs is 1. The van der Waals surface area contributed by atoms with E-state index >= 15 is 0 Å². The number of carbonyl (C=O) groups is 1. The maximum atomic E-state index is 14.2. The van der Waals surface area contributed by atoms with Crippen molar-refractivity contribution in [3.05, 3.63) is 0 Å². The van der Waals surface area contributed by atoms with E-state index in [1.807, 2.05) is 6.92 Å². The Labute approximate surface area is 247 Å². The quantitative estimate of drug-likeness (QED) is 0.139. The minimum atomic E-state index is -5.89. The van der Waals surface area contributed by atoms with Gasteiger partial charge in [0.2, 0.25) is 0 Å². The summed E-state index contributed by atoms with van der Waals surface area (Å²) in [7, 11) is -6.21. The molecule has 0 aromatic heterocycles. The number of hydrogen-bond acceptors (Lipinski definition) is 3. The Morgan fingerprint density at radius 1 is 1.00 bits per heavy atom. The lowest BCUT2D eigenvalue weighted by Gasteiger charge is -2.43. The third-order valence-electron chi connectivity index (χ3n) is 7.98. The predicted molar refractivity (Wildman–Crippen MR) is 151 cm³/mol. The molecule has 0 spiro atoms. The van der Waals surface area contributed by atoms with Gasteiger partial charge in [0.1, 0.15) is 5.78 Å². The van der Waals surface area contributed by atoms with Crippen LogP contribution in [0.15, 0.2) is 0 Å². The highest BCUT2D eigenvalue weighted by molar-refractivity contribution is 6.70. The van der Waals surface area contributed by atoms with Crippen molar-refractivity contribution in [2.24, 2.45) is 23.2 Å². The molecule has 2 aliphatic carbocycles. The lowest BCUT2D eigenvalue weighted by Crippen LogP contribution is -2.61. The van der Waals surface area contributed by atoms with Crippen LogP contribution in [0.2, 0.25) is 39.3 Å². The Bertz CT molecular complexity index is 1120. The molecule has 4 atom stereocenters. The smallest absolute Gasteiger partial charge is 0.413 e. The van der Waals surface area contributed by atoms with Crippen molar-refractivity contribution >= 4 is 22.4 Å². The van der Waals surface area contributed by atoms with E-state index in [1.165, 1.54) is 25.6 Å². The average Bonchev–Trinajstić information content (AvgIpc) is 3.15. The van der Waals surface area contributed by atoms with Gasteiger partial charge in [-0.15, -0.1) is 0 Å². The molecule has 40 heavy (non-hydrogen) atoms. The molecule has 0 unspecified atom stereocenters. The van der Waals surface area contributed by atoms with Crippen LogP contribution < -0.4 is 0 Å². The maximum absolute atomic E-state index is 14.2. The summed E-state index contributed by atoms with van der Waals surface area (Å²) in [5.74, 6) is 2.45. The Morgan fingerprint density at radius 3 is 2.08 bits per heavy atom. The minimum Gasteiger partial charge on any atom is -0.413 e. The van der Waals surface area contributed by atoms with E-state index in [9.17, 15) is 31.1 Å². The molecule has 0 radical (unpaired) electrons. The standard InChI is InChI=1S/C29H48F6O3Si2/c1-25(2,37-39(4,5)6)18-10-13-21(22-16-17-23-24(36)15-12-19-26(22,23)3)14-11-20-27(28(30,31)32,29(33,34)35)38-40(7,8)9/h21-23H,10,12-19H2,1-9H3/t21-,22+,23-,26+/m0/s1/i1D3,2D3. The molecular formula is C29H48F6O3Si2. The third-order valence-corrected chi connectivity index (χ3v) is 9.86. The van der Waals surface area contributed by atoms with Crippen LogP contribution >= 0.6 is 0 Å². The van der Waals surface area contributed by atoms with Crippen molar-refractivity contribution < 1.29 is 48.2 Å². The number of Topliss-reactive ketones (excluding diaryl/α,β-unsaturated/α-hetero) is 1. The van der Waals surface area contributed by atoms with Gasteiger partial charge in [-0.25, -0.2) is 0 Å². The van der Waals surface area contributed by atoms with Crippen LogP contribution in [-0.2, 0) is 13.6 Å². The van der Waals surface area contributed by atoms with Gasteiger partial charge in [0.25, 0.3) is 0 Å². The summed E-state index contributed by atoms with van der Waals surface area (Å²) in [4.78, 5) is 12.8. The van der Waals surface area contributed by atoms with E-state index in [0.29, 0.717) is 32.1 Å². The second kappa shape index (κ2) is 12.0. The summed E-state index contributed by atoms with van der Waals surface area (Å²) in [5.41, 5.74) is -7.78. The lowest BCUT2D eigenvalue weighted by molar-refractivity contribution is -0.336. The molecule has 0 bridgehead atoms. The average molecular weight is 621 g/mol. The Balaban J connectivity index is 2.59. The van der Waals surface area contributed by atoms with Crippen LogP contribution in [-0.4, -0.2) is 46.0 Å². The van der Waals surface area contributed by atoms with Gasteiger partial charge in [0.15, 0.2) is 16.6 Å². The van der Waals surface area contributed by atoms with E-state index in [2.05, 4.69) is 5.92 Å². The summed E-state index contributed by atoms with van der Waals surface area (Å²) in [6.07, 6.45) is -9.95. The number of hydrogen-bond donors (Lipinski definition) is 0. The topological polar surface area (TPSA) is 35.5 Å². The highest BCUT2D eigenvalue weighted by Crippen LogP contribution is 2.58. The van der Waals surface area contributed by atoms with Gasteiger partial charge in [-0.2, -0.15) is 26.3 Å². The molecule has 232 valence electrons. The molecular weight excluding hydrogens is 566 g/mol. The summed E-state index contributed by atoms with van der Waals surface area (Å²) < 4.78 is 145. The zero-order chi connectivity index (χ0) is 36.0. The number of halogens is 6. The second-order valence-corrected chi connectivity index (χ2v) is 22.5. The third kappa shape index (κ3) is 8.60. The van der Waals surface area contributed by atoms with Crippen LogP contribution in [0.25, 0.3) is 0 Å². The minimum absolute atomic E-state index is 0.0477. The summed E-state index contributed by atoms with van der Waals surface area (Å²) in [6, 6.07) is 0. The predicted octanol–water partition coefficient (Wildman–Crippen LogP) is 9.30. The second-order valence-electron chi connectivity index (χ2n) is 13.7. The normalized spacial score (nSPS) is 28.7. The van der Waals surface area contributed by atoms with Crippen molar-refractivity contribution in [1.82, 2.24) is 0 Å². The number of ketones is 1. The van der Waals surface area contributed by atoms with E-state index in [1.54, 1.807) is 19.6 Å². The van der Waals surface area contributed by atoms with Gasteiger partial charge in [0, 0.05) is 27.0 Å². The highest BCUT2D eigenvalue weighted by Gasteiger charge is 2.73. The fourth-order valence-electron chi connectivity index (χ4n) is 6.59. The molecule has 2 saturated carbocycles. The van der Waals surface area contributed by atoms with Crippen molar-refractivity contribution in [2.45, 2.75) is 141 Å². The Hall–Kier alpha value is -0.836. The molecule has 3 nitrogen and oxygen atoms in total. The van der Waals surface area contributed by atoms with E-state index in [-0.39, 0.29) is 30.5 Å². The summed E-state index contributed by atoms with van der Waals surface area (Å²) in [5, 5.41) is 0. The maximum Gasteiger partial charge on any atom is 0.437 e. The molecule has 2 aliphatic rings. The van der Waals surface area contributed by atoms with Crippen molar-refractivity contribution in [2.75, 3.05) is 0 Å². The zero-order valence-electron chi connectivity index (χ0n) is 30.6. The molecule has 0 saturated heterocycles. The lowest BCUT2D eigenvalue weighted by atomic mass is 9.61. The molecule has 0 aromatic rings. The first kappa shape index (κ1) is 26.8. The van der Waals surface area contributed by atoms with E-state index < -0.39 is 78.1 Å². The first-order valence-corrected chi connectivity index (χ1v) is 20.7. The van der Waals surface area contributed by atoms with Crippen molar-refractivity contribution in [3.63, 3.8) is 0 Å². The van der Waals surface area contributed by atoms with Gasteiger partial charge < -0.3 is 8.85 Å². The van der Waals surface area contributed by atoms with Crippen molar-refractivity contribution in [1.29, 1.82) is 0 Å². The molecule has 0 amide bonds. The Kier molecular flexibility index (Phi) is 8.06. The fraction of sp³-hybridized carbons (Fsp3) is 0.897. The number of alkyl halides is 6. The molecule has 0 N–H and O–H groups in total. The van der Waals surface area contributed by atoms with Crippen LogP contribution in [0.3, 0.4) is 0 Å². The molecule has 2 fully saturated rings. The van der Waals surface area contributed by atoms with Gasteiger partial charge in [-0.05, 0) is 115 Å². The van der Waals surface area contributed by atoms with Crippen molar-refractivity contribution in [3.8, 4) is 11.8 Å². The molecule has 0 aromatic carbocycles. The van der Waals surface area contributed by atoms with Crippen LogP contribution in [0.5, 0.6) is 0 Å². The highest BCUT2D eigenvalue weighted by atomic mass is 28.4. The molecule has 11 heteroatoms. The molecule has 0 heterocycles. The largest absolute Gasteiger partial charge is 0.437 e. The van der Waals surface area contributed by atoms with Crippen LogP contribution in [0, 0.1) is 35.0 Å². The fourth-order valence-corrected chi connectivity index (χ4v) is 8.93. The Morgan fingerprint density at radius 2 is 1.57 bits per heavy atom. The van der Waals surface area contributed by atoms with E-state index in [0.717, 1.165) is 0 Å². The first-order chi connectivity index (χ1) is 20.3. The van der Waals surface area contributed by atoms with Crippen LogP contribution in [0.1, 0.15) is 86.6 Å². The zero-order valence-corrected chi connectivity index (χ0v) is 26.6. The first-order valence-electron chi connectivity index (χ1n) is 16.9. The number of carbonyl (C=O) groups excluding carboxylic acids is 1. The molecule has 0 aliphatic heterocycles. The summed E-state index contributed by atoms with van der Waals surface area (Å²) >= 11 is 0. The van der Waals surface area contributed by atoms with Gasteiger partial charge in [-0.3, -0.25) is 4.79 Å². The van der Waals surface area contributed by atoms with Gasteiger partial charge >= 0.3 is 18.0 Å². The van der Waals surface area contributed by atoms with Gasteiger partial charge in [-0.1, -0.05) is 19.3 Å². The monoisotopic (exact) mass is 620 g/mol. The van der Waals surface area contributed by atoms with Crippen LogP contribution in [0.4, 0.5) is 26.3 Å². The molecule has 2 rings (SSSR count). The van der Waals surface area contributed by atoms with E-state index in [4.69, 9.17) is 17.1 Å².